The molecule has 0 unspecified atom stereocenters. The van der Waals surface area contributed by atoms with E-state index in [0.717, 1.165) is 75.5 Å². The number of hydrogen-bond acceptors (Lipinski definition) is 8. The number of benzene rings is 2. The number of anilines is 1. The average Bonchev–Trinajstić information content (AvgIpc) is 3.28. The van der Waals surface area contributed by atoms with Gasteiger partial charge in [0, 0.05) is 67.7 Å². The second kappa shape index (κ2) is 15.6. The zero-order valence-corrected chi connectivity index (χ0v) is 33.1. The van der Waals surface area contributed by atoms with Crippen molar-refractivity contribution in [2.75, 3.05) is 58.0 Å². The number of hydrogen-bond donors (Lipinski definition) is 1. The van der Waals surface area contributed by atoms with Crippen LogP contribution in [0.2, 0.25) is 5.02 Å². The fourth-order valence-corrected chi connectivity index (χ4v) is 10.6. The average molecular weight is 764 g/mol. The molecule has 53 heavy (non-hydrogen) atoms. The minimum absolute atomic E-state index is 0.121. The van der Waals surface area contributed by atoms with Gasteiger partial charge < -0.3 is 19.1 Å². The van der Waals surface area contributed by atoms with Crippen molar-refractivity contribution in [2.24, 2.45) is 17.8 Å². The molecular weight excluding hydrogens is 710 g/mol. The van der Waals surface area contributed by atoms with Gasteiger partial charge in [-0.3, -0.25) is 9.69 Å². The third-order valence-electron chi connectivity index (χ3n) is 12.8. The van der Waals surface area contributed by atoms with Crippen LogP contribution in [0.5, 0.6) is 5.75 Å². The van der Waals surface area contributed by atoms with Crippen molar-refractivity contribution in [2.45, 2.75) is 88.0 Å². The predicted octanol–water partition coefficient (Wildman–Crippen LogP) is 6.38. The molecule has 3 heterocycles. The first-order valence-electron chi connectivity index (χ1n) is 19.3. The summed E-state index contributed by atoms with van der Waals surface area (Å²) in [6.45, 7) is 10.9. The van der Waals surface area contributed by atoms with Gasteiger partial charge >= 0.3 is 0 Å². The molecule has 2 aromatic rings. The number of amides is 1. The molecule has 2 fully saturated rings. The second-order valence-electron chi connectivity index (χ2n) is 16.0. The molecule has 1 amide bonds. The highest BCUT2D eigenvalue weighted by Gasteiger charge is 2.49. The standard InChI is InChI=1S/C42H54ClN3O6S/c1-29-9-7-19-42(50-4,18-5-6-20-45-21-22-51-26-30(45)2)37-14-11-34(37)25-46-27-41(17-8-10-32-23-35(43)13-15-36(32)41)28-52-39-16-12-33(24-38(39)46)40(47)44-53(48,49)31(29)3/h7,12-13,15-16,19,23-24,29-31,34,37H,6,8-11,14,17,20-22,25-28H2,1-4H3,(H,44,47)/b19-7-/t29-,30-,31+,34-,37+,41-,42-/m0/s1. The number of carbonyl (C=O) groups is 1. The van der Waals surface area contributed by atoms with Gasteiger partial charge in [-0.1, -0.05) is 42.5 Å². The van der Waals surface area contributed by atoms with Crippen molar-refractivity contribution in [3.63, 3.8) is 0 Å². The minimum atomic E-state index is -3.97. The van der Waals surface area contributed by atoms with Gasteiger partial charge in [0.2, 0.25) is 10.0 Å². The number of rotatable bonds is 3. The van der Waals surface area contributed by atoms with Crippen LogP contribution in [0, 0.1) is 29.6 Å². The summed E-state index contributed by atoms with van der Waals surface area (Å²) in [5, 5.41) is -0.0702. The molecule has 7 atom stereocenters. The topological polar surface area (TPSA) is 97.4 Å². The zero-order valence-electron chi connectivity index (χ0n) is 31.5. The molecule has 1 saturated heterocycles. The van der Waals surface area contributed by atoms with Crippen LogP contribution in [-0.2, 0) is 31.3 Å². The molecule has 2 aromatic carbocycles. The Labute approximate surface area is 320 Å². The number of methoxy groups -OCH3 is 1. The third kappa shape index (κ3) is 7.75. The Balaban J connectivity index is 1.28. The molecule has 7 rings (SSSR count). The Morgan fingerprint density at radius 1 is 1.13 bits per heavy atom. The van der Waals surface area contributed by atoms with Crippen molar-refractivity contribution < 1.29 is 27.4 Å². The molecule has 286 valence electrons. The lowest BCUT2D eigenvalue weighted by Gasteiger charge is -2.48. The maximum absolute atomic E-state index is 13.6. The number of ether oxygens (including phenoxy) is 3. The fourth-order valence-electron chi connectivity index (χ4n) is 9.15. The Hall–Kier alpha value is -3.07. The fraction of sp³-hybridized carbons (Fsp3) is 0.595. The van der Waals surface area contributed by atoms with E-state index in [2.05, 4.69) is 51.5 Å². The molecule has 0 radical (unpaired) electrons. The van der Waals surface area contributed by atoms with E-state index in [1.807, 2.05) is 31.2 Å². The lowest BCUT2D eigenvalue weighted by atomic mass is 9.64. The van der Waals surface area contributed by atoms with Crippen molar-refractivity contribution >= 4 is 33.2 Å². The number of aryl methyl sites for hydroxylation is 1. The van der Waals surface area contributed by atoms with Crippen molar-refractivity contribution in [1.29, 1.82) is 0 Å². The Morgan fingerprint density at radius 3 is 2.75 bits per heavy atom. The van der Waals surface area contributed by atoms with Gasteiger partial charge in [-0.15, -0.1) is 0 Å². The van der Waals surface area contributed by atoms with E-state index in [4.69, 9.17) is 25.8 Å². The number of fused-ring (bicyclic) bond motifs is 4. The van der Waals surface area contributed by atoms with Crippen molar-refractivity contribution in [1.82, 2.24) is 9.62 Å². The summed E-state index contributed by atoms with van der Waals surface area (Å²) < 4.78 is 48.3. The Morgan fingerprint density at radius 2 is 1.98 bits per heavy atom. The molecule has 2 bridgehead atoms. The first-order valence-corrected chi connectivity index (χ1v) is 21.3. The highest BCUT2D eigenvalue weighted by Crippen LogP contribution is 2.49. The lowest BCUT2D eigenvalue weighted by Crippen LogP contribution is -2.52. The van der Waals surface area contributed by atoms with E-state index in [9.17, 15) is 13.2 Å². The quantitative estimate of drug-likeness (QED) is 0.284. The number of morpholine rings is 1. The van der Waals surface area contributed by atoms with Gasteiger partial charge in [0.15, 0.2) is 0 Å². The van der Waals surface area contributed by atoms with Crippen LogP contribution >= 0.6 is 11.6 Å². The maximum atomic E-state index is 13.6. The van der Waals surface area contributed by atoms with E-state index in [1.54, 1.807) is 20.1 Å². The molecule has 11 heteroatoms. The van der Waals surface area contributed by atoms with Gasteiger partial charge in [-0.2, -0.15) is 0 Å². The third-order valence-corrected chi connectivity index (χ3v) is 14.9. The molecular formula is C42H54ClN3O6S. The first-order chi connectivity index (χ1) is 25.4. The van der Waals surface area contributed by atoms with Crippen molar-refractivity contribution in [3.05, 3.63) is 70.3 Å². The van der Waals surface area contributed by atoms with Gasteiger partial charge in [0.05, 0.1) is 30.8 Å². The van der Waals surface area contributed by atoms with Gasteiger partial charge in [0.1, 0.15) is 11.4 Å². The summed E-state index contributed by atoms with van der Waals surface area (Å²) >= 11 is 6.49. The summed E-state index contributed by atoms with van der Waals surface area (Å²) in [5.74, 6) is 7.32. The van der Waals surface area contributed by atoms with E-state index in [-0.39, 0.29) is 28.7 Å². The lowest BCUT2D eigenvalue weighted by molar-refractivity contribution is -0.0351. The van der Waals surface area contributed by atoms with Gasteiger partial charge in [-0.05, 0) is 112 Å². The molecule has 9 nitrogen and oxygen atoms in total. The van der Waals surface area contributed by atoms with Crippen molar-refractivity contribution in [3.8, 4) is 17.6 Å². The number of sulfonamides is 1. The number of nitrogens with one attached hydrogen (secondary N) is 1. The number of nitrogens with zero attached hydrogens (tertiary/aromatic N) is 2. The van der Waals surface area contributed by atoms with E-state index in [0.29, 0.717) is 37.9 Å². The monoisotopic (exact) mass is 763 g/mol. The van der Waals surface area contributed by atoms with Crippen LogP contribution < -0.4 is 14.4 Å². The smallest absolute Gasteiger partial charge is 0.264 e. The summed E-state index contributed by atoms with van der Waals surface area (Å²) in [7, 11) is -2.22. The summed E-state index contributed by atoms with van der Waals surface area (Å²) in [6, 6.07) is 11.9. The van der Waals surface area contributed by atoms with Crippen LogP contribution in [0.1, 0.15) is 80.8 Å². The first kappa shape index (κ1) is 38.2. The maximum Gasteiger partial charge on any atom is 0.264 e. The SMILES string of the molecule is CO[C@@]1(C#CCCN2CCOC[C@@H]2C)/C=C\C[C@H](C)[C@@H](C)S(=O)(=O)NC(=O)c2ccc3c(c2)N(C[C@@H]2CC[C@H]21)C[C@@]1(CCCc2cc(Cl)ccc21)CO3. The molecule has 2 aliphatic carbocycles. The Bertz CT molecular complexity index is 1890. The second-order valence-corrected chi connectivity index (χ2v) is 18.5. The largest absolute Gasteiger partial charge is 0.490 e. The minimum Gasteiger partial charge on any atom is -0.490 e. The van der Waals surface area contributed by atoms with Crippen LogP contribution in [0.3, 0.4) is 0 Å². The van der Waals surface area contributed by atoms with E-state index >= 15 is 0 Å². The number of halogens is 1. The Kier molecular flexibility index (Phi) is 11.2. The molecule has 1 N–H and O–H groups in total. The molecule has 5 aliphatic rings. The summed E-state index contributed by atoms with van der Waals surface area (Å²) in [4.78, 5) is 18.4. The molecule has 3 aliphatic heterocycles. The summed E-state index contributed by atoms with van der Waals surface area (Å²) in [6.07, 6.45) is 10.3. The number of carbonyl (C=O) groups excluding carboxylic acids is 1. The molecule has 1 saturated carbocycles. The van der Waals surface area contributed by atoms with Gasteiger partial charge in [0.25, 0.3) is 5.91 Å². The van der Waals surface area contributed by atoms with Crippen LogP contribution in [0.25, 0.3) is 0 Å². The van der Waals surface area contributed by atoms with Crippen LogP contribution in [-0.4, -0.2) is 89.2 Å². The predicted molar refractivity (Wildman–Crippen MR) is 209 cm³/mol. The molecule has 1 spiro atoms. The highest BCUT2D eigenvalue weighted by molar-refractivity contribution is 7.90. The van der Waals surface area contributed by atoms with E-state index < -0.39 is 26.8 Å². The normalized spacial score (nSPS) is 33.5. The van der Waals surface area contributed by atoms with E-state index in [1.165, 1.54) is 11.1 Å². The van der Waals surface area contributed by atoms with Gasteiger partial charge in [-0.25, -0.2) is 13.1 Å². The van der Waals surface area contributed by atoms with Crippen LogP contribution in [0.4, 0.5) is 5.69 Å². The molecule has 0 aromatic heterocycles. The van der Waals surface area contributed by atoms with Crippen LogP contribution in [0.15, 0.2) is 48.6 Å². The highest BCUT2D eigenvalue weighted by atomic mass is 35.5. The zero-order chi connectivity index (χ0) is 37.4. The summed E-state index contributed by atoms with van der Waals surface area (Å²) in [5.41, 5.74) is 2.50. The number of allylic oxidation sites excluding steroid dienone is 1.